The minimum absolute atomic E-state index is 0. The van der Waals surface area contributed by atoms with Crippen LogP contribution in [0.2, 0.25) is 0 Å². The Balaban J connectivity index is 0.00000133. The van der Waals surface area contributed by atoms with Gasteiger partial charge in [-0.2, -0.15) is 4.98 Å². The van der Waals surface area contributed by atoms with Crippen LogP contribution in [-0.4, -0.2) is 17.3 Å². The largest absolute Gasteiger partial charge is 0.497 e. The third-order valence-electron chi connectivity index (χ3n) is 3.20. The number of hydrogen-bond donors (Lipinski definition) is 1. The Kier molecular flexibility index (Phi) is 3.78. The quantitative estimate of drug-likeness (QED) is 0.928. The van der Waals surface area contributed by atoms with Crippen LogP contribution in [0.15, 0.2) is 28.8 Å². The molecule has 1 heterocycles. The Labute approximate surface area is 117 Å². The van der Waals surface area contributed by atoms with Crippen LogP contribution in [-0.2, 0) is 12.0 Å². The van der Waals surface area contributed by atoms with E-state index in [1.807, 2.05) is 24.3 Å². The van der Waals surface area contributed by atoms with Crippen molar-refractivity contribution in [2.75, 3.05) is 7.11 Å². The molecule has 19 heavy (non-hydrogen) atoms. The van der Waals surface area contributed by atoms with Crippen LogP contribution >= 0.6 is 12.4 Å². The smallest absolute Gasteiger partial charge is 0.246 e. The molecular weight excluding hydrogens is 266 g/mol. The van der Waals surface area contributed by atoms with Gasteiger partial charge in [-0.1, -0.05) is 17.3 Å². The first kappa shape index (κ1) is 13.8. The Morgan fingerprint density at radius 3 is 2.58 bits per heavy atom. The monoisotopic (exact) mass is 281 g/mol. The topological polar surface area (TPSA) is 74.2 Å². The first-order valence-corrected chi connectivity index (χ1v) is 5.94. The van der Waals surface area contributed by atoms with Crippen molar-refractivity contribution in [2.24, 2.45) is 5.73 Å². The van der Waals surface area contributed by atoms with Crippen LogP contribution in [0, 0.1) is 0 Å². The highest BCUT2D eigenvalue weighted by Crippen LogP contribution is 2.41. The average Bonchev–Trinajstić information content (AvgIpc) is 2.97. The van der Waals surface area contributed by atoms with E-state index in [4.69, 9.17) is 15.0 Å². The van der Waals surface area contributed by atoms with Gasteiger partial charge in [0.05, 0.1) is 12.6 Å². The van der Waals surface area contributed by atoms with Crippen LogP contribution < -0.4 is 10.5 Å². The molecule has 0 aliphatic heterocycles. The second-order valence-corrected chi connectivity index (χ2v) is 4.70. The molecule has 0 radical (unpaired) electrons. The van der Waals surface area contributed by atoms with E-state index in [0.29, 0.717) is 18.1 Å². The van der Waals surface area contributed by atoms with Crippen molar-refractivity contribution in [2.45, 2.75) is 24.8 Å². The van der Waals surface area contributed by atoms with E-state index in [9.17, 15) is 0 Å². The second-order valence-electron chi connectivity index (χ2n) is 4.70. The molecule has 1 saturated carbocycles. The molecule has 1 fully saturated rings. The summed E-state index contributed by atoms with van der Waals surface area (Å²) in [6, 6.07) is 7.82. The summed E-state index contributed by atoms with van der Waals surface area (Å²) in [4.78, 5) is 4.35. The zero-order valence-corrected chi connectivity index (χ0v) is 11.4. The molecule has 2 N–H and O–H groups in total. The number of nitrogens with two attached hydrogens (primary N) is 1. The molecular formula is C13H16ClN3O2. The maximum absolute atomic E-state index is 6.00. The van der Waals surface area contributed by atoms with Crippen molar-refractivity contribution in [1.82, 2.24) is 10.1 Å². The molecule has 1 aromatic heterocycles. The van der Waals surface area contributed by atoms with Crippen LogP contribution in [0.25, 0.3) is 0 Å². The highest BCUT2D eigenvalue weighted by molar-refractivity contribution is 5.85. The van der Waals surface area contributed by atoms with Crippen LogP contribution in [0.4, 0.5) is 0 Å². The summed E-state index contributed by atoms with van der Waals surface area (Å²) in [6.45, 7) is 0. The van der Waals surface area contributed by atoms with Gasteiger partial charge in [0.1, 0.15) is 5.75 Å². The standard InChI is InChI=1S/C13H15N3O2.ClH/c1-17-10-4-2-9(3-5-10)8-11-15-12(18-16-11)13(14)6-7-13;/h2-5H,6-8,14H2,1H3;1H. The summed E-state index contributed by atoms with van der Waals surface area (Å²) in [7, 11) is 1.65. The maximum Gasteiger partial charge on any atom is 0.246 e. The molecule has 2 aromatic rings. The third kappa shape index (κ3) is 2.88. The lowest BCUT2D eigenvalue weighted by Crippen LogP contribution is -2.19. The summed E-state index contributed by atoms with van der Waals surface area (Å²) >= 11 is 0. The van der Waals surface area contributed by atoms with Gasteiger partial charge in [0, 0.05) is 6.42 Å². The van der Waals surface area contributed by atoms with E-state index in [1.54, 1.807) is 7.11 Å². The molecule has 0 bridgehead atoms. The Morgan fingerprint density at radius 2 is 2.00 bits per heavy atom. The Morgan fingerprint density at radius 1 is 1.32 bits per heavy atom. The average molecular weight is 282 g/mol. The van der Waals surface area contributed by atoms with Crippen molar-refractivity contribution in [3.05, 3.63) is 41.5 Å². The van der Waals surface area contributed by atoms with Gasteiger partial charge >= 0.3 is 0 Å². The highest BCUT2D eigenvalue weighted by Gasteiger charge is 2.45. The number of ether oxygens (including phenoxy) is 1. The zero-order chi connectivity index (χ0) is 12.6. The summed E-state index contributed by atoms with van der Waals surface area (Å²) in [5.74, 6) is 2.07. The molecule has 1 aliphatic carbocycles. The summed E-state index contributed by atoms with van der Waals surface area (Å²) in [5, 5.41) is 3.96. The number of halogens is 1. The van der Waals surface area contributed by atoms with Crippen molar-refractivity contribution in [1.29, 1.82) is 0 Å². The molecule has 0 saturated heterocycles. The normalized spacial score (nSPS) is 15.7. The van der Waals surface area contributed by atoms with Gasteiger partial charge in [0.2, 0.25) is 5.89 Å². The molecule has 1 aromatic carbocycles. The van der Waals surface area contributed by atoms with E-state index in [1.165, 1.54) is 0 Å². The lowest BCUT2D eigenvalue weighted by molar-refractivity contribution is 0.344. The molecule has 5 nitrogen and oxygen atoms in total. The molecule has 102 valence electrons. The minimum Gasteiger partial charge on any atom is -0.497 e. The van der Waals surface area contributed by atoms with E-state index in [-0.39, 0.29) is 17.9 Å². The van der Waals surface area contributed by atoms with Crippen molar-refractivity contribution < 1.29 is 9.26 Å². The molecule has 6 heteroatoms. The third-order valence-corrected chi connectivity index (χ3v) is 3.20. The fourth-order valence-corrected chi connectivity index (χ4v) is 1.80. The summed E-state index contributed by atoms with van der Waals surface area (Å²) < 4.78 is 10.3. The Bertz CT molecular complexity index is 549. The zero-order valence-electron chi connectivity index (χ0n) is 10.6. The van der Waals surface area contributed by atoms with Gasteiger partial charge < -0.3 is 15.0 Å². The van der Waals surface area contributed by atoms with Crippen LogP contribution in [0.5, 0.6) is 5.75 Å². The van der Waals surface area contributed by atoms with Gasteiger partial charge in [-0.15, -0.1) is 12.4 Å². The SMILES string of the molecule is COc1ccc(Cc2noc(C3(N)CC3)n2)cc1.Cl. The fraction of sp³-hybridized carbons (Fsp3) is 0.385. The van der Waals surface area contributed by atoms with Crippen molar-refractivity contribution in [3.63, 3.8) is 0 Å². The van der Waals surface area contributed by atoms with E-state index in [0.717, 1.165) is 24.2 Å². The predicted molar refractivity (Wildman–Crippen MR) is 72.4 cm³/mol. The van der Waals surface area contributed by atoms with Gasteiger partial charge in [-0.05, 0) is 30.5 Å². The van der Waals surface area contributed by atoms with Gasteiger partial charge in [-0.25, -0.2) is 0 Å². The van der Waals surface area contributed by atoms with E-state index >= 15 is 0 Å². The van der Waals surface area contributed by atoms with Gasteiger partial charge in [-0.3, -0.25) is 0 Å². The number of nitrogens with zero attached hydrogens (tertiary/aromatic N) is 2. The molecule has 0 amide bonds. The predicted octanol–water partition coefficient (Wildman–Crippen LogP) is 2.04. The van der Waals surface area contributed by atoms with Crippen LogP contribution in [0.3, 0.4) is 0 Å². The fourth-order valence-electron chi connectivity index (χ4n) is 1.80. The summed E-state index contributed by atoms with van der Waals surface area (Å²) in [6.07, 6.45) is 2.50. The van der Waals surface area contributed by atoms with Crippen molar-refractivity contribution in [3.8, 4) is 5.75 Å². The minimum atomic E-state index is -0.356. The lowest BCUT2D eigenvalue weighted by Gasteiger charge is -2.00. The second kappa shape index (κ2) is 5.19. The molecule has 0 atom stereocenters. The molecule has 3 rings (SSSR count). The number of benzene rings is 1. The number of aromatic nitrogens is 2. The van der Waals surface area contributed by atoms with Crippen LogP contribution in [0.1, 0.15) is 30.1 Å². The first-order chi connectivity index (χ1) is 8.69. The van der Waals surface area contributed by atoms with Crippen molar-refractivity contribution >= 4 is 12.4 Å². The van der Waals surface area contributed by atoms with E-state index in [2.05, 4.69) is 10.1 Å². The van der Waals surface area contributed by atoms with Gasteiger partial charge in [0.25, 0.3) is 0 Å². The van der Waals surface area contributed by atoms with Gasteiger partial charge in [0.15, 0.2) is 5.82 Å². The number of rotatable bonds is 4. The molecule has 0 spiro atoms. The lowest BCUT2D eigenvalue weighted by atomic mass is 10.1. The molecule has 1 aliphatic rings. The number of hydrogen-bond acceptors (Lipinski definition) is 5. The number of methoxy groups -OCH3 is 1. The van der Waals surface area contributed by atoms with E-state index < -0.39 is 0 Å². The summed E-state index contributed by atoms with van der Waals surface area (Å²) in [5.41, 5.74) is 6.76. The maximum atomic E-state index is 6.00. The first-order valence-electron chi connectivity index (χ1n) is 5.94. The Hall–Kier alpha value is -1.59. The highest BCUT2D eigenvalue weighted by atomic mass is 35.5. The molecule has 0 unspecified atom stereocenters.